The van der Waals surface area contributed by atoms with Gasteiger partial charge in [0.05, 0.1) is 54.5 Å². The molecule has 0 amide bonds. The van der Waals surface area contributed by atoms with Crippen LogP contribution in [-0.2, 0) is 0 Å². The van der Waals surface area contributed by atoms with Gasteiger partial charge in [-0.05, 0) is 178 Å². The van der Waals surface area contributed by atoms with E-state index in [-0.39, 0.29) is 63.1 Å². The van der Waals surface area contributed by atoms with Crippen LogP contribution in [0.4, 0.5) is 0 Å². The average molecular weight is 795 g/mol. The third-order valence-electron chi connectivity index (χ3n) is 14.1. The molecule has 306 valence electrons. The second-order valence-electron chi connectivity index (χ2n) is 27.1. The minimum Gasteiger partial charge on any atom is -0.0638 e. The van der Waals surface area contributed by atoms with Gasteiger partial charge in [0.25, 0.3) is 0 Å². The Morgan fingerprint density at radius 3 is 0.389 bits per heavy atom. The quantitative estimate of drug-likeness (QED) is 0.186. The van der Waals surface area contributed by atoms with E-state index in [1.165, 1.54) is 0 Å². The predicted octanol–water partition coefficient (Wildman–Crippen LogP) is 15.2. The van der Waals surface area contributed by atoms with Crippen LogP contribution in [0.5, 0.6) is 0 Å². The molecule has 0 bridgehead atoms. The topological polar surface area (TPSA) is 0 Å². The molecule has 0 aromatic carbocycles. The third kappa shape index (κ3) is 14.7. The average Bonchev–Trinajstić information content (AvgIpc) is 2.77. The summed E-state index contributed by atoms with van der Waals surface area (Å²) in [7, 11) is 35.7. The standard InChI is InChI=1S/3C15H32B2P/c3*1-12(2,3)15(10,16)11-18(17,13(4,5)6)14(7,8)9/h3*11H2,1-10H3/q3*+1/t2*15-;/m10./s1. The summed E-state index contributed by atoms with van der Waals surface area (Å²) in [5, 5.41) is 0.0129. The highest BCUT2D eigenvalue weighted by atomic mass is 31.2. The lowest BCUT2D eigenvalue weighted by Crippen LogP contribution is -2.42. The van der Waals surface area contributed by atoms with E-state index in [9.17, 15) is 0 Å². The van der Waals surface area contributed by atoms with Crippen molar-refractivity contribution in [3.63, 3.8) is 0 Å². The summed E-state index contributed by atoms with van der Waals surface area (Å²) in [4.78, 5) is 0. The molecule has 1 unspecified atom stereocenters. The Balaban J connectivity index is -0.000000722. The number of rotatable bonds is 6. The van der Waals surface area contributed by atoms with Crippen LogP contribution in [0, 0.1) is 16.2 Å². The lowest BCUT2D eigenvalue weighted by atomic mass is 9.57. The summed E-state index contributed by atoms with van der Waals surface area (Å²) >= 11 is 0. The lowest BCUT2D eigenvalue weighted by Gasteiger charge is -2.52. The molecule has 0 aromatic rings. The van der Waals surface area contributed by atoms with Crippen LogP contribution < -0.4 is 0 Å². The molecule has 0 fully saturated rings. The second-order valence-corrected chi connectivity index (χ2v) is 41.3. The van der Waals surface area contributed by atoms with Crippen LogP contribution in [0.25, 0.3) is 0 Å². The maximum atomic E-state index is 6.97. The molecule has 3 atom stereocenters. The van der Waals surface area contributed by atoms with Crippen LogP contribution in [-0.4, -0.2) is 95.7 Å². The summed E-state index contributed by atoms with van der Waals surface area (Å²) in [6, 6.07) is 0. The summed E-state index contributed by atoms with van der Waals surface area (Å²) in [5.41, 5.74) is 0.191. The Bertz CT molecular complexity index is 967. The zero-order chi connectivity index (χ0) is 45.6. The molecule has 0 saturated heterocycles. The van der Waals surface area contributed by atoms with Crippen LogP contribution in [0.15, 0.2) is 0 Å². The molecule has 0 rings (SSSR count). The first kappa shape index (κ1) is 60.0. The molecule has 0 nitrogen and oxygen atoms in total. The minimum absolute atomic E-state index is 0.0636. The third-order valence-corrected chi connectivity index (χ3v) is 31.9. The Hall–Kier alpha value is 1.68. The second kappa shape index (κ2) is 17.6. The molecular weight excluding hydrogens is 698 g/mol. The Kier molecular flexibility index (Phi) is 19.5. The van der Waals surface area contributed by atoms with Gasteiger partial charge in [-0.1, -0.05) is 83.1 Å². The molecule has 0 saturated carbocycles. The first-order valence-electron chi connectivity index (χ1n) is 20.7. The van der Waals surface area contributed by atoms with Crippen LogP contribution in [0.3, 0.4) is 0 Å². The molecule has 0 aromatic heterocycles. The van der Waals surface area contributed by atoms with E-state index in [0.29, 0.717) is 0 Å². The summed E-state index contributed by atoms with van der Waals surface area (Å²) in [5.74, 6) is 0. The monoisotopic (exact) mass is 796 g/mol. The lowest BCUT2D eigenvalue weighted by molar-refractivity contribution is 0.304. The van der Waals surface area contributed by atoms with Crippen molar-refractivity contribution >= 4 is 67.7 Å². The van der Waals surface area contributed by atoms with Gasteiger partial charge >= 0.3 is 22.7 Å². The first-order valence-corrected chi connectivity index (χ1v) is 26.9. The highest BCUT2D eigenvalue weighted by Crippen LogP contribution is 2.79. The van der Waals surface area contributed by atoms with Crippen molar-refractivity contribution < 1.29 is 0 Å². The van der Waals surface area contributed by atoms with Gasteiger partial charge in [-0.2, -0.15) is 0 Å². The van der Waals surface area contributed by atoms with Gasteiger partial charge in [0.15, 0.2) is 0 Å². The fourth-order valence-electron chi connectivity index (χ4n) is 6.71. The van der Waals surface area contributed by atoms with Crippen molar-refractivity contribution in [2.45, 2.75) is 255 Å². The largest absolute Gasteiger partial charge is 0.366 e. The summed E-state index contributed by atoms with van der Waals surface area (Å²) in [6.07, 6.45) is 2.78. The molecule has 0 N–H and O–H groups in total. The van der Waals surface area contributed by atoms with Crippen molar-refractivity contribution in [2.75, 3.05) is 18.5 Å². The number of hydrogen-bond acceptors (Lipinski definition) is 0. The van der Waals surface area contributed by atoms with Crippen molar-refractivity contribution in [1.82, 2.24) is 0 Å². The van der Waals surface area contributed by atoms with Crippen LogP contribution in [0.2, 0.25) is 15.9 Å². The van der Waals surface area contributed by atoms with Gasteiger partial charge in [0, 0.05) is 18.5 Å². The molecule has 0 spiro atoms. The highest BCUT2D eigenvalue weighted by molar-refractivity contribution is 8.00. The smallest absolute Gasteiger partial charge is 0.0638 e. The number of hydrogen-bond donors (Lipinski definition) is 0. The molecule has 0 aliphatic carbocycles. The van der Waals surface area contributed by atoms with E-state index in [1.807, 2.05) is 0 Å². The zero-order valence-corrected chi connectivity index (χ0v) is 45.6. The normalized spacial score (nSPS) is 18.6. The van der Waals surface area contributed by atoms with Gasteiger partial charge in [-0.3, -0.25) is 0 Å². The van der Waals surface area contributed by atoms with Gasteiger partial charge < -0.3 is 0 Å². The Morgan fingerprint density at radius 2 is 0.333 bits per heavy atom. The van der Waals surface area contributed by atoms with E-state index >= 15 is 0 Å². The maximum absolute atomic E-state index is 6.97. The molecule has 0 heterocycles. The molecule has 0 aliphatic heterocycles. The van der Waals surface area contributed by atoms with Crippen LogP contribution in [0.1, 0.15) is 208 Å². The zero-order valence-electron chi connectivity index (χ0n) is 42.9. The molecule has 54 heavy (non-hydrogen) atoms. The highest BCUT2D eigenvalue weighted by Gasteiger charge is 2.59. The molecule has 0 aliphatic rings. The summed E-state index contributed by atoms with van der Waals surface area (Å²) < 4.78 is 0. The molecular formula is C45H96B6P3+3. The van der Waals surface area contributed by atoms with Gasteiger partial charge in [0.1, 0.15) is 0 Å². The molecule has 12 radical (unpaired) electrons. The van der Waals surface area contributed by atoms with Crippen molar-refractivity contribution in [3.05, 3.63) is 0 Å². The SMILES string of the molecule is [B]C(C)(C[P+]([B])(C(C)(C)C)C(C)(C)C)C(C)(C)C.[B][C@@](C)(C[P+]([B])(C(C)(C)C)C(C)(C)C)C(C)(C)C.[B][C@](C)(C[P+]([B])(C(C)(C)C)C(C)(C)C)C(C)(C)C. The minimum atomic E-state index is -1.68. The molecule has 9 heteroatoms. The van der Waals surface area contributed by atoms with Crippen molar-refractivity contribution in [3.8, 4) is 0 Å². The van der Waals surface area contributed by atoms with E-state index < -0.39 is 21.4 Å². The predicted molar refractivity (Wildman–Crippen MR) is 272 cm³/mol. The van der Waals surface area contributed by atoms with Crippen LogP contribution >= 0.6 is 21.4 Å². The summed E-state index contributed by atoms with van der Waals surface area (Å²) in [6.45, 7) is 67.2. The van der Waals surface area contributed by atoms with Gasteiger partial charge in [-0.15, -0.1) is 0 Å². The van der Waals surface area contributed by atoms with E-state index in [0.717, 1.165) is 18.5 Å². The Morgan fingerprint density at radius 1 is 0.241 bits per heavy atom. The van der Waals surface area contributed by atoms with Gasteiger partial charge in [-0.25, -0.2) is 0 Å². The van der Waals surface area contributed by atoms with E-state index in [2.05, 4.69) is 208 Å². The van der Waals surface area contributed by atoms with E-state index in [1.54, 1.807) is 0 Å². The fourth-order valence-corrected chi connectivity index (χ4v) is 20.1. The van der Waals surface area contributed by atoms with Crippen molar-refractivity contribution in [1.29, 1.82) is 0 Å². The fraction of sp³-hybridized carbons (Fsp3) is 1.00. The first-order chi connectivity index (χ1) is 22.4. The maximum Gasteiger partial charge on any atom is 0.366 e. The van der Waals surface area contributed by atoms with Gasteiger partial charge in [0.2, 0.25) is 0 Å². The Labute approximate surface area is 355 Å². The van der Waals surface area contributed by atoms with E-state index in [4.69, 9.17) is 46.2 Å². The van der Waals surface area contributed by atoms with Crippen molar-refractivity contribution in [2.24, 2.45) is 16.2 Å².